The zero-order chi connectivity index (χ0) is 11.4. The second-order valence-electron chi connectivity index (χ2n) is 4.15. The van der Waals surface area contributed by atoms with E-state index in [0.717, 1.165) is 12.8 Å². The molecule has 0 aromatic rings. The molecule has 2 unspecified atom stereocenters. The van der Waals surface area contributed by atoms with Gasteiger partial charge >= 0.3 is 0 Å². The first-order valence-corrected chi connectivity index (χ1v) is 5.34. The van der Waals surface area contributed by atoms with E-state index in [2.05, 4.69) is 6.92 Å². The fourth-order valence-electron chi connectivity index (χ4n) is 2.17. The van der Waals surface area contributed by atoms with Gasteiger partial charge in [0.2, 0.25) is 11.8 Å². The van der Waals surface area contributed by atoms with Gasteiger partial charge < -0.3 is 16.4 Å². The van der Waals surface area contributed by atoms with E-state index >= 15 is 0 Å². The van der Waals surface area contributed by atoms with Crippen LogP contribution in [0.5, 0.6) is 0 Å². The molecule has 2 atom stereocenters. The Hall–Kier alpha value is -0.810. The van der Waals surface area contributed by atoms with E-state index < -0.39 is 5.91 Å². The van der Waals surface area contributed by atoms with E-state index in [-0.39, 0.29) is 30.8 Å². The quantitative estimate of drug-likeness (QED) is 0.683. The molecule has 16 heavy (non-hydrogen) atoms. The number of halogens is 1. The van der Waals surface area contributed by atoms with Crippen LogP contribution in [-0.4, -0.2) is 35.8 Å². The van der Waals surface area contributed by atoms with E-state index in [1.54, 1.807) is 4.90 Å². The summed E-state index contributed by atoms with van der Waals surface area (Å²) in [7, 11) is 0. The number of nitrogens with zero attached hydrogens (tertiary/aromatic N) is 1. The molecule has 1 fully saturated rings. The highest BCUT2D eigenvalue weighted by Gasteiger charge is 2.30. The Kier molecular flexibility index (Phi) is 6.36. The highest BCUT2D eigenvalue weighted by molar-refractivity contribution is 5.96. The van der Waals surface area contributed by atoms with Crippen LogP contribution in [0.4, 0.5) is 0 Å². The molecule has 94 valence electrons. The average Bonchev–Trinajstić information content (AvgIpc) is 2.16. The molecule has 1 saturated heterocycles. The Balaban J connectivity index is 0.00000225. The number of carbonyl (C=O) groups is 2. The lowest BCUT2D eigenvalue weighted by Crippen LogP contribution is -2.51. The highest BCUT2D eigenvalue weighted by Crippen LogP contribution is 2.22. The van der Waals surface area contributed by atoms with Crippen LogP contribution in [0.25, 0.3) is 0 Å². The first-order valence-electron chi connectivity index (χ1n) is 5.34. The van der Waals surface area contributed by atoms with Gasteiger partial charge in [-0.3, -0.25) is 9.59 Å². The lowest BCUT2D eigenvalue weighted by atomic mass is 9.90. The monoisotopic (exact) mass is 249 g/mol. The fourth-order valence-corrected chi connectivity index (χ4v) is 2.17. The standard InChI is InChI=1S/C10H19N3O2.ClH/c1-7-3-2-4-13(8(7)6-11)10(15)5-9(12)14;/h7-8H,2-6,11H2,1H3,(H2,12,14);1H. The number of primary amides is 1. The summed E-state index contributed by atoms with van der Waals surface area (Å²) in [5.41, 5.74) is 10.6. The van der Waals surface area contributed by atoms with Crippen LogP contribution < -0.4 is 11.5 Å². The molecule has 1 aliphatic heterocycles. The number of hydrogen-bond donors (Lipinski definition) is 2. The fraction of sp³-hybridized carbons (Fsp3) is 0.800. The number of hydrogen-bond acceptors (Lipinski definition) is 3. The lowest BCUT2D eigenvalue weighted by Gasteiger charge is -2.39. The predicted molar refractivity (Wildman–Crippen MR) is 64.0 cm³/mol. The summed E-state index contributed by atoms with van der Waals surface area (Å²) in [6.45, 7) is 3.23. The maximum absolute atomic E-state index is 11.7. The molecule has 0 bridgehead atoms. The van der Waals surface area contributed by atoms with Crippen molar-refractivity contribution in [2.75, 3.05) is 13.1 Å². The molecule has 4 N–H and O–H groups in total. The average molecular weight is 250 g/mol. The highest BCUT2D eigenvalue weighted by atomic mass is 35.5. The van der Waals surface area contributed by atoms with Gasteiger partial charge in [-0.1, -0.05) is 6.92 Å². The van der Waals surface area contributed by atoms with E-state index in [0.29, 0.717) is 19.0 Å². The molecule has 2 amide bonds. The molecule has 0 aromatic carbocycles. The van der Waals surface area contributed by atoms with Gasteiger partial charge in [0.15, 0.2) is 0 Å². The molecule has 6 heteroatoms. The minimum Gasteiger partial charge on any atom is -0.369 e. The predicted octanol–water partition coefficient (Wildman–Crippen LogP) is -0.131. The third kappa shape index (κ3) is 3.64. The van der Waals surface area contributed by atoms with Gasteiger partial charge in [-0.25, -0.2) is 0 Å². The van der Waals surface area contributed by atoms with Crippen molar-refractivity contribution < 1.29 is 9.59 Å². The maximum Gasteiger partial charge on any atom is 0.232 e. The van der Waals surface area contributed by atoms with Gasteiger partial charge in [-0.05, 0) is 18.8 Å². The van der Waals surface area contributed by atoms with Crippen molar-refractivity contribution >= 4 is 24.2 Å². The first-order chi connectivity index (χ1) is 7.06. The zero-order valence-corrected chi connectivity index (χ0v) is 10.3. The molecule has 0 aromatic heterocycles. The number of likely N-dealkylation sites (tertiary alicyclic amines) is 1. The van der Waals surface area contributed by atoms with Crippen LogP contribution in [0.2, 0.25) is 0 Å². The van der Waals surface area contributed by atoms with Gasteiger partial charge in [0.25, 0.3) is 0 Å². The summed E-state index contributed by atoms with van der Waals surface area (Å²) in [4.78, 5) is 24.1. The Morgan fingerprint density at radius 3 is 2.56 bits per heavy atom. The van der Waals surface area contributed by atoms with Crippen molar-refractivity contribution in [2.24, 2.45) is 17.4 Å². The van der Waals surface area contributed by atoms with Crippen molar-refractivity contribution in [1.82, 2.24) is 4.90 Å². The minimum absolute atomic E-state index is 0. The van der Waals surface area contributed by atoms with Gasteiger partial charge in [0.05, 0.1) is 0 Å². The third-order valence-corrected chi connectivity index (χ3v) is 3.00. The number of rotatable bonds is 3. The van der Waals surface area contributed by atoms with Crippen molar-refractivity contribution in [1.29, 1.82) is 0 Å². The van der Waals surface area contributed by atoms with Crippen molar-refractivity contribution in [3.8, 4) is 0 Å². The Morgan fingerprint density at radius 2 is 2.06 bits per heavy atom. The topological polar surface area (TPSA) is 89.4 Å². The second kappa shape index (κ2) is 6.70. The molecule has 0 aliphatic carbocycles. The molecular formula is C10H20ClN3O2. The number of carbonyl (C=O) groups excluding carboxylic acids is 2. The van der Waals surface area contributed by atoms with Crippen molar-refractivity contribution in [3.63, 3.8) is 0 Å². The van der Waals surface area contributed by atoms with Crippen LogP contribution >= 0.6 is 12.4 Å². The van der Waals surface area contributed by atoms with Gasteiger partial charge in [0.1, 0.15) is 6.42 Å². The van der Waals surface area contributed by atoms with Crippen molar-refractivity contribution in [3.05, 3.63) is 0 Å². The number of nitrogens with two attached hydrogens (primary N) is 2. The number of amides is 2. The smallest absolute Gasteiger partial charge is 0.232 e. The van der Waals surface area contributed by atoms with Gasteiger partial charge in [-0.15, -0.1) is 12.4 Å². The molecule has 1 aliphatic rings. The molecule has 0 spiro atoms. The minimum atomic E-state index is -0.575. The summed E-state index contributed by atoms with van der Waals surface area (Å²) in [6, 6.07) is 0.0607. The Bertz CT molecular complexity index is 260. The van der Waals surface area contributed by atoms with E-state index in [1.807, 2.05) is 0 Å². The Labute approximate surface area is 102 Å². The molecular weight excluding hydrogens is 230 g/mol. The maximum atomic E-state index is 11.7. The molecule has 0 radical (unpaired) electrons. The van der Waals surface area contributed by atoms with Crippen LogP contribution in [0.15, 0.2) is 0 Å². The van der Waals surface area contributed by atoms with Crippen LogP contribution in [0.3, 0.4) is 0 Å². The van der Waals surface area contributed by atoms with Gasteiger partial charge in [0, 0.05) is 19.1 Å². The molecule has 1 heterocycles. The van der Waals surface area contributed by atoms with Crippen LogP contribution in [0, 0.1) is 5.92 Å². The molecule has 5 nitrogen and oxygen atoms in total. The van der Waals surface area contributed by atoms with Gasteiger partial charge in [-0.2, -0.15) is 0 Å². The van der Waals surface area contributed by atoms with E-state index in [1.165, 1.54) is 0 Å². The zero-order valence-electron chi connectivity index (χ0n) is 9.52. The molecule has 1 rings (SSSR count). The summed E-state index contributed by atoms with van der Waals surface area (Å²) in [5, 5.41) is 0. The Morgan fingerprint density at radius 1 is 1.44 bits per heavy atom. The van der Waals surface area contributed by atoms with Crippen LogP contribution in [-0.2, 0) is 9.59 Å². The summed E-state index contributed by atoms with van der Waals surface area (Å²) >= 11 is 0. The lowest BCUT2D eigenvalue weighted by molar-refractivity contribution is -0.139. The summed E-state index contributed by atoms with van der Waals surface area (Å²) < 4.78 is 0. The number of piperidine rings is 1. The SMILES string of the molecule is CC1CCCN(C(=O)CC(N)=O)C1CN.Cl. The molecule has 0 saturated carbocycles. The van der Waals surface area contributed by atoms with Crippen molar-refractivity contribution in [2.45, 2.75) is 32.2 Å². The summed E-state index contributed by atoms with van der Waals surface area (Å²) in [5.74, 6) is -0.362. The van der Waals surface area contributed by atoms with E-state index in [4.69, 9.17) is 11.5 Å². The van der Waals surface area contributed by atoms with Crippen LogP contribution in [0.1, 0.15) is 26.2 Å². The third-order valence-electron chi connectivity index (χ3n) is 3.00. The first kappa shape index (κ1) is 15.2. The second-order valence-corrected chi connectivity index (χ2v) is 4.15. The normalized spacial score (nSPS) is 24.8. The van der Waals surface area contributed by atoms with E-state index in [9.17, 15) is 9.59 Å². The largest absolute Gasteiger partial charge is 0.369 e. The summed E-state index contributed by atoms with van der Waals surface area (Å²) in [6.07, 6.45) is 1.85.